The molecule has 0 saturated heterocycles. The second-order valence-electron chi connectivity index (χ2n) is 5.44. The average Bonchev–Trinajstić information content (AvgIpc) is 2.41. The van der Waals surface area contributed by atoms with E-state index in [0.29, 0.717) is 11.1 Å². The molecule has 0 atom stereocenters. The normalized spacial score (nSPS) is 17.6. The fourth-order valence-electron chi connectivity index (χ4n) is 2.60. The lowest BCUT2D eigenvalue weighted by molar-refractivity contribution is -0.117. The van der Waals surface area contributed by atoms with Crippen LogP contribution in [-0.4, -0.2) is 11.9 Å². The minimum absolute atomic E-state index is 0.00511. The summed E-state index contributed by atoms with van der Waals surface area (Å²) in [4.78, 5) is 11.9. The third-order valence-corrected chi connectivity index (χ3v) is 4.00. The van der Waals surface area contributed by atoms with Gasteiger partial charge in [0.15, 0.2) is 0 Å². The van der Waals surface area contributed by atoms with Gasteiger partial charge in [0.1, 0.15) is 0 Å². The van der Waals surface area contributed by atoms with Crippen LogP contribution in [0.5, 0.6) is 0 Å². The van der Waals surface area contributed by atoms with E-state index >= 15 is 0 Å². The maximum Gasteiger partial charge on any atom is 0.244 e. The Morgan fingerprint density at radius 3 is 2.30 bits per heavy atom. The summed E-state index contributed by atoms with van der Waals surface area (Å²) in [6.45, 7) is 0. The molecular formula is C17H22ClNO. The summed E-state index contributed by atoms with van der Waals surface area (Å²) in [5, 5.41) is 3.83. The van der Waals surface area contributed by atoms with Crippen molar-refractivity contribution < 1.29 is 4.79 Å². The summed E-state index contributed by atoms with van der Waals surface area (Å²) in [7, 11) is 0. The molecule has 1 aromatic carbocycles. The van der Waals surface area contributed by atoms with Gasteiger partial charge in [0.2, 0.25) is 5.91 Å². The molecule has 108 valence electrons. The second kappa shape index (κ2) is 8.11. The first-order valence-corrected chi connectivity index (χ1v) is 7.86. The molecule has 3 heteroatoms. The Morgan fingerprint density at radius 2 is 1.65 bits per heavy atom. The molecule has 1 aromatic rings. The molecular weight excluding hydrogens is 270 g/mol. The molecule has 1 aliphatic carbocycles. The predicted molar refractivity (Wildman–Crippen MR) is 84.7 cm³/mol. The molecule has 1 amide bonds. The smallest absolute Gasteiger partial charge is 0.244 e. The van der Waals surface area contributed by atoms with Crippen LogP contribution >= 0.6 is 11.6 Å². The Hall–Kier alpha value is -1.28. The first-order valence-electron chi connectivity index (χ1n) is 7.48. The zero-order valence-corrected chi connectivity index (χ0v) is 12.5. The Balaban J connectivity index is 1.83. The standard InChI is InChI=1S/C17H22ClNO/c18-15-11-8-14(9-12-15)10-13-17(20)19-16-6-4-2-1-3-5-7-16/h8-13,16H,1-7H2,(H,19,20)/b13-10+. The molecule has 1 aliphatic rings. The summed E-state index contributed by atoms with van der Waals surface area (Å²) in [5.41, 5.74) is 0.988. The van der Waals surface area contributed by atoms with E-state index in [9.17, 15) is 4.79 Å². The lowest BCUT2D eigenvalue weighted by Gasteiger charge is -2.20. The third-order valence-electron chi connectivity index (χ3n) is 3.75. The summed E-state index contributed by atoms with van der Waals surface area (Å²) in [6, 6.07) is 7.81. The second-order valence-corrected chi connectivity index (χ2v) is 5.87. The average molecular weight is 292 g/mol. The lowest BCUT2D eigenvalue weighted by atomic mass is 9.97. The zero-order chi connectivity index (χ0) is 14.2. The fourth-order valence-corrected chi connectivity index (χ4v) is 2.72. The summed E-state index contributed by atoms with van der Waals surface area (Å²) in [6.07, 6.45) is 12.1. The van der Waals surface area contributed by atoms with Gasteiger partial charge in [0.05, 0.1) is 0 Å². The first-order chi connectivity index (χ1) is 9.74. The van der Waals surface area contributed by atoms with E-state index in [4.69, 9.17) is 11.6 Å². The van der Waals surface area contributed by atoms with E-state index in [0.717, 1.165) is 18.4 Å². The van der Waals surface area contributed by atoms with Gasteiger partial charge < -0.3 is 5.32 Å². The largest absolute Gasteiger partial charge is 0.350 e. The number of rotatable bonds is 3. The molecule has 0 aromatic heterocycles. The van der Waals surface area contributed by atoms with Crippen molar-refractivity contribution in [3.05, 3.63) is 40.9 Å². The third kappa shape index (κ3) is 5.38. The van der Waals surface area contributed by atoms with Gasteiger partial charge in [0.25, 0.3) is 0 Å². The van der Waals surface area contributed by atoms with E-state index in [1.54, 1.807) is 6.08 Å². The van der Waals surface area contributed by atoms with Crippen LogP contribution in [0.25, 0.3) is 6.08 Å². The van der Waals surface area contributed by atoms with E-state index in [2.05, 4.69) is 5.32 Å². The molecule has 2 rings (SSSR count). The number of hydrogen-bond acceptors (Lipinski definition) is 1. The van der Waals surface area contributed by atoms with Crippen LogP contribution in [0, 0.1) is 0 Å². The minimum atomic E-state index is 0.00511. The van der Waals surface area contributed by atoms with Gasteiger partial charge in [-0.15, -0.1) is 0 Å². The number of hydrogen-bond donors (Lipinski definition) is 1. The van der Waals surface area contributed by atoms with Crippen LogP contribution in [0.3, 0.4) is 0 Å². The van der Waals surface area contributed by atoms with Crippen LogP contribution in [0.4, 0.5) is 0 Å². The highest BCUT2D eigenvalue weighted by atomic mass is 35.5. The van der Waals surface area contributed by atoms with Crippen LogP contribution in [-0.2, 0) is 4.79 Å². The highest BCUT2D eigenvalue weighted by Crippen LogP contribution is 2.17. The van der Waals surface area contributed by atoms with Crippen LogP contribution in [0.2, 0.25) is 5.02 Å². The number of benzene rings is 1. The van der Waals surface area contributed by atoms with Gasteiger partial charge in [-0.1, -0.05) is 55.8 Å². The van der Waals surface area contributed by atoms with Gasteiger partial charge in [0, 0.05) is 17.1 Å². The molecule has 0 bridgehead atoms. The van der Waals surface area contributed by atoms with Crippen molar-refractivity contribution in [1.82, 2.24) is 5.32 Å². The van der Waals surface area contributed by atoms with Gasteiger partial charge in [-0.25, -0.2) is 0 Å². The topological polar surface area (TPSA) is 29.1 Å². The molecule has 0 aliphatic heterocycles. The van der Waals surface area contributed by atoms with Crippen LogP contribution in [0.15, 0.2) is 30.3 Å². The first kappa shape index (κ1) is 15.1. The summed E-state index contributed by atoms with van der Waals surface area (Å²) < 4.78 is 0. The Morgan fingerprint density at radius 1 is 1.05 bits per heavy atom. The molecule has 0 heterocycles. The molecule has 0 unspecified atom stereocenters. The van der Waals surface area contributed by atoms with E-state index < -0.39 is 0 Å². The number of carbonyl (C=O) groups is 1. The number of amides is 1. The van der Waals surface area contributed by atoms with Gasteiger partial charge in [-0.3, -0.25) is 4.79 Å². The zero-order valence-electron chi connectivity index (χ0n) is 11.8. The maximum atomic E-state index is 11.9. The van der Waals surface area contributed by atoms with Crippen molar-refractivity contribution in [2.75, 3.05) is 0 Å². The maximum absolute atomic E-state index is 11.9. The van der Waals surface area contributed by atoms with Crippen molar-refractivity contribution in [3.63, 3.8) is 0 Å². The fraction of sp³-hybridized carbons (Fsp3) is 0.471. The highest BCUT2D eigenvalue weighted by molar-refractivity contribution is 6.30. The van der Waals surface area contributed by atoms with Crippen molar-refractivity contribution >= 4 is 23.6 Å². The predicted octanol–water partition coefficient (Wildman–Crippen LogP) is 4.58. The Kier molecular flexibility index (Phi) is 6.13. The van der Waals surface area contributed by atoms with E-state index in [1.807, 2.05) is 30.3 Å². The molecule has 1 fully saturated rings. The summed E-state index contributed by atoms with van der Waals surface area (Å²) in [5.74, 6) is 0.00511. The Bertz CT molecular complexity index is 445. The van der Waals surface area contributed by atoms with Crippen molar-refractivity contribution in [2.24, 2.45) is 0 Å². The number of halogens is 1. The minimum Gasteiger partial charge on any atom is -0.350 e. The van der Waals surface area contributed by atoms with E-state index in [-0.39, 0.29) is 5.91 Å². The van der Waals surface area contributed by atoms with Crippen molar-refractivity contribution in [3.8, 4) is 0 Å². The number of nitrogens with one attached hydrogen (secondary N) is 1. The molecule has 0 spiro atoms. The van der Waals surface area contributed by atoms with Crippen molar-refractivity contribution in [1.29, 1.82) is 0 Å². The van der Waals surface area contributed by atoms with Gasteiger partial charge in [-0.2, -0.15) is 0 Å². The van der Waals surface area contributed by atoms with Crippen molar-refractivity contribution in [2.45, 2.75) is 51.0 Å². The molecule has 1 saturated carbocycles. The van der Waals surface area contributed by atoms with E-state index in [1.165, 1.54) is 32.1 Å². The van der Waals surface area contributed by atoms with Gasteiger partial charge in [-0.05, 0) is 36.6 Å². The lowest BCUT2D eigenvalue weighted by Crippen LogP contribution is -2.34. The van der Waals surface area contributed by atoms with Crippen LogP contribution in [0.1, 0.15) is 50.5 Å². The molecule has 1 N–H and O–H groups in total. The highest BCUT2D eigenvalue weighted by Gasteiger charge is 2.12. The molecule has 0 radical (unpaired) electrons. The van der Waals surface area contributed by atoms with Gasteiger partial charge >= 0.3 is 0 Å². The molecule has 2 nitrogen and oxygen atoms in total. The van der Waals surface area contributed by atoms with Crippen LogP contribution < -0.4 is 5.32 Å². The quantitative estimate of drug-likeness (QED) is 0.811. The Labute approximate surface area is 126 Å². The SMILES string of the molecule is O=C(/C=C/c1ccc(Cl)cc1)NC1CCCCCCC1. The monoisotopic (exact) mass is 291 g/mol. The number of carbonyl (C=O) groups excluding carboxylic acids is 1. The molecule has 20 heavy (non-hydrogen) atoms. The summed E-state index contributed by atoms with van der Waals surface area (Å²) >= 11 is 5.83.